The van der Waals surface area contributed by atoms with Crippen molar-refractivity contribution in [2.75, 3.05) is 18.4 Å². The molecule has 1 aliphatic carbocycles. The highest BCUT2D eigenvalue weighted by Gasteiger charge is 2.24. The minimum Gasteiger partial charge on any atom is -0.343 e. The van der Waals surface area contributed by atoms with E-state index in [0.717, 1.165) is 43.1 Å². The molecule has 25 heavy (non-hydrogen) atoms. The summed E-state index contributed by atoms with van der Waals surface area (Å²) in [6, 6.07) is 8.00. The largest absolute Gasteiger partial charge is 0.343 e. The van der Waals surface area contributed by atoms with Crippen LogP contribution in [0.15, 0.2) is 29.3 Å². The summed E-state index contributed by atoms with van der Waals surface area (Å²) in [5.74, 6) is 0.997. The van der Waals surface area contributed by atoms with Crippen LogP contribution in [0.2, 0.25) is 0 Å². The molecule has 0 aromatic heterocycles. The monoisotopic (exact) mass is 342 g/mol. The maximum atomic E-state index is 11.7. The molecular weight excluding hydrogens is 312 g/mol. The molecule has 3 N–H and O–H groups in total. The molecule has 3 rings (SSSR count). The fourth-order valence-corrected chi connectivity index (χ4v) is 3.70. The van der Waals surface area contributed by atoms with E-state index in [1.54, 1.807) is 6.92 Å². The van der Waals surface area contributed by atoms with E-state index in [1.165, 1.54) is 32.1 Å². The Kier molecular flexibility index (Phi) is 6.08. The van der Waals surface area contributed by atoms with Gasteiger partial charge in [-0.25, -0.2) is 4.99 Å². The van der Waals surface area contributed by atoms with Gasteiger partial charge in [0.25, 0.3) is 0 Å². The Morgan fingerprint density at radius 2 is 1.92 bits per heavy atom. The number of ketones is 1. The third-order valence-corrected chi connectivity index (χ3v) is 5.25. The minimum absolute atomic E-state index is 0.0782. The molecule has 0 spiro atoms. The molecule has 136 valence electrons. The summed E-state index contributed by atoms with van der Waals surface area (Å²) in [7, 11) is 0. The van der Waals surface area contributed by atoms with Crippen LogP contribution >= 0.6 is 0 Å². The smallest absolute Gasteiger partial charge is 0.198 e. The van der Waals surface area contributed by atoms with E-state index in [2.05, 4.69) is 10.2 Å². The molecule has 0 bridgehead atoms. The van der Waals surface area contributed by atoms with Crippen molar-refractivity contribution in [3.63, 3.8) is 0 Å². The molecule has 1 heterocycles. The SMILES string of the molecule is CC(=O)c1cccc(NC(=N[C@H]2CCCC[C@@H]2N)N2CCCCC2)c1. The summed E-state index contributed by atoms with van der Waals surface area (Å²) < 4.78 is 0. The van der Waals surface area contributed by atoms with Crippen molar-refractivity contribution in [3.8, 4) is 0 Å². The zero-order valence-electron chi connectivity index (χ0n) is 15.2. The number of aliphatic imine (C=N–C) groups is 1. The molecule has 2 fully saturated rings. The van der Waals surface area contributed by atoms with Gasteiger partial charge in [-0.1, -0.05) is 25.0 Å². The van der Waals surface area contributed by atoms with Crippen molar-refractivity contribution < 1.29 is 4.79 Å². The van der Waals surface area contributed by atoms with E-state index in [4.69, 9.17) is 10.7 Å². The summed E-state index contributed by atoms with van der Waals surface area (Å²) in [5.41, 5.74) is 7.95. The van der Waals surface area contributed by atoms with Crippen LogP contribution in [0.1, 0.15) is 62.2 Å². The number of piperidine rings is 1. The van der Waals surface area contributed by atoms with Gasteiger partial charge in [0.15, 0.2) is 11.7 Å². The number of anilines is 1. The van der Waals surface area contributed by atoms with Gasteiger partial charge >= 0.3 is 0 Å². The molecule has 1 aromatic carbocycles. The fraction of sp³-hybridized carbons (Fsp3) is 0.600. The van der Waals surface area contributed by atoms with Crippen LogP contribution in [0, 0.1) is 0 Å². The Morgan fingerprint density at radius 1 is 1.16 bits per heavy atom. The minimum atomic E-state index is 0.0782. The number of guanidine groups is 1. The standard InChI is InChI=1S/C20H30N4O/c1-15(25)16-8-7-9-17(14-16)22-20(24-12-5-2-6-13-24)23-19-11-4-3-10-18(19)21/h7-9,14,18-19H,2-6,10-13,21H2,1H3,(H,22,23)/t18-,19-/m0/s1. The van der Waals surface area contributed by atoms with Gasteiger partial charge in [0, 0.05) is 30.4 Å². The van der Waals surface area contributed by atoms with E-state index in [0.29, 0.717) is 0 Å². The zero-order valence-corrected chi connectivity index (χ0v) is 15.2. The van der Waals surface area contributed by atoms with Gasteiger partial charge < -0.3 is 16.0 Å². The predicted octanol–water partition coefficient (Wildman–Crippen LogP) is 3.41. The summed E-state index contributed by atoms with van der Waals surface area (Å²) >= 11 is 0. The van der Waals surface area contributed by atoms with E-state index >= 15 is 0 Å². The molecule has 0 amide bonds. The third kappa shape index (κ3) is 4.82. The molecule has 0 unspecified atom stereocenters. The van der Waals surface area contributed by atoms with E-state index in [9.17, 15) is 4.79 Å². The summed E-state index contributed by atoms with van der Waals surface area (Å²) in [6.45, 7) is 3.65. The molecule has 2 atom stereocenters. The number of nitrogens with zero attached hydrogens (tertiary/aromatic N) is 2. The molecule has 0 radical (unpaired) electrons. The van der Waals surface area contributed by atoms with Crippen molar-refractivity contribution in [1.82, 2.24) is 4.90 Å². The third-order valence-electron chi connectivity index (χ3n) is 5.25. The van der Waals surface area contributed by atoms with Crippen LogP contribution in [0.25, 0.3) is 0 Å². The van der Waals surface area contributed by atoms with Crippen LogP contribution in [0.5, 0.6) is 0 Å². The molecule has 5 nitrogen and oxygen atoms in total. The average Bonchev–Trinajstić information content (AvgIpc) is 2.64. The lowest BCUT2D eigenvalue weighted by Gasteiger charge is -2.33. The van der Waals surface area contributed by atoms with Crippen molar-refractivity contribution in [2.24, 2.45) is 10.7 Å². The number of hydrogen-bond donors (Lipinski definition) is 2. The van der Waals surface area contributed by atoms with Crippen LogP contribution in [0.3, 0.4) is 0 Å². The average molecular weight is 342 g/mol. The second kappa shape index (κ2) is 8.48. The van der Waals surface area contributed by atoms with Crippen molar-refractivity contribution >= 4 is 17.4 Å². The van der Waals surface area contributed by atoms with Crippen LogP contribution in [-0.4, -0.2) is 41.8 Å². The summed E-state index contributed by atoms with van der Waals surface area (Å²) in [6.07, 6.45) is 8.21. The van der Waals surface area contributed by atoms with E-state index in [1.807, 2.05) is 24.3 Å². The van der Waals surface area contributed by atoms with Gasteiger partial charge in [-0.05, 0) is 51.2 Å². The lowest BCUT2D eigenvalue weighted by atomic mass is 9.91. The van der Waals surface area contributed by atoms with Gasteiger partial charge in [0.1, 0.15) is 0 Å². The first kappa shape index (κ1) is 17.9. The van der Waals surface area contributed by atoms with Crippen LogP contribution in [-0.2, 0) is 0 Å². The van der Waals surface area contributed by atoms with Crippen molar-refractivity contribution in [1.29, 1.82) is 0 Å². The van der Waals surface area contributed by atoms with Crippen LogP contribution in [0.4, 0.5) is 5.69 Å². The molecule has 1 aliphatic heterocycles. The van der Waals surface area contributed by atoms with Gasteiger partial charge in [-0.15, -0.1) is 0 Å². The normalized spacial score (nSPS) is 24.9. The van der Waals surface area contributed by atoms with Gasteiger partial charge in [0.05, 0.1) is 6.04 Å². The second-order valence-corrected chi connectivity index (χ2v) is 7.28. The van der Waals surface area contributed by atoms with Gasteiger partial charge in [0.2, 0.25) is 0 Å². The quantitative estimate of drug-likeness (QED) is 0.502. The lowest BCUT2D eigenvalue weighted by molar-refractivity contribution is 0.101. The first-order valence-electron chi connectivity index (χ1n) is 9.60. The fourth-order valence-electron chi connectivity index (χ4n) is 3.70. The molecule has 5 heteroatoms. The molecule has 1 saturated heterocycles. The van der Waals surface area contributed by atoms with Gasteiger partial charge in [-0.2, -0.15) is 0 Å². The highest BCUT2D eigenvalue weighted by atomic mass is 16.1. The summed E-state index contributed by atoms with van der Waals surface area (Å²) in [4.78, 5) is 19.0. The number of rotatable bonds is 3. The second-order valence-electron chi connectivity index (χ2n) is 7.28. The maximum Gasteiger partial charge on any atom is 0.198 e. The Bertz CT molecular complexity index is 622. The number of benzene rings is 1. The lowest BCUT2D eigenvalue weighted by Crippen LogP contribution is -2.43. The number of carbonyl (C=O) groups excluding carboxylic acids is 1. The highest BCUT2D eigenvalue weighted by Crippen LogP contribution is 2.22. The topological polar surface area (TPSA) is 70.7 Å². The molecule has 1 aromatic rings. The number of nitrogens with two attached hydrogens (primary N) is 1. The van der Waals surface area contributed by atoms with Crippen molar-refractivity contribution in [3.05, 3.63) is 29.8 Å². The Morgan fingerprint density at radius 3 is 2.64 bits per heavy atom. The zero-order chi connectivity index (χ0) is 17.6. The molecular formula is C20H30N4O. The van der Waals surface area contributed by atoms with Crippen LogP contribution < -0.4 is 11.1 Å². The number of likely N-dealkylation sites (tertiary alicyclic amines) is 1. The highest BCUT2D eigenvalue weighted by molar-refractivity contribution is 5.98. The van der Waals surface area contributed by atoms with E-state index in [-0.39, 0.29) is 17.9 Å². The maximum absolute atomic E-state index is 11.7. The Hall–Kier alpha value is -1.88. The molecule has 1 saturated carbocycles. The van der Waals surface area contributed by atoms with E-state index < -0.39 is 0 Å². The van der Waals surface area contributed by atoms with Crippen molar-refractivity contribution in [2.45, 2.75) is 64.0 Å². The first-order valence-corrected chi connectivity index (χ1v) is 9.60. The predicted molar refractivity (Wildman–Crippen MR) is 103 cm³/mol. The number of hydrogen-bond acceptors (Lipinski definition) is 3. The molecule has 2 aliphatic rings. The Balaban J connectivity index is 1.82. The Labute approximate surface area is 150 Å². The summed E-state index contributed by atoms with van der Waals surface area (Å²) in [5, 5.41) is 3.48. The number of nitrogens with one attached hydrogen (secondary N) is 1. The first-order chi connectivity index (χ1) is 12.1. The number of Topliss-reactive ketones (excluding diaryl/α,β-unsaturated/α-hetero) is 1. The van der Waals surface area contributed by atoms with Gasteiger partial charge in [-0.3, -0.25) is 4.79 Å². The number of carbonyl (C=O) groups is 1.